The first-order valence-corrected chi connectivity index (χ1v) is 10.1. The molecular weight excluding hydrogens is 362 g/mol. The van der Waals surface area contributed by atoms with Crippen LogP contribution in [0, 0.1) is 5.41 Å². The molecule has 3 heterocycles. The molecule has 6 nitrogen and oxygen atoms in total. The molecule has 0 spiro atoms. The first kappa shape index (κ1) is 18.0. The molecule has 2 aliphatic heterocycles. The minimum atomic E-state index is -0.498. The van der Waals surface area contributed by atoms with Gasteiger partial charge in [0.15, 0.2) is 11.6 Å². The Bertz CT molecular complexity index is 1130. The summed E-state index contributed by atoms with van der Waals surface area (Å²) in [5, 5.41) is 16.4. The van der Waals surface area contributed by atoms with E-state index >= 15 is 0 Å². The zero-order valence-electron chi connectivity index (χ0n) is 17.3. The van der Waals surface area contributed by atoms with E-state index in [1.165, 1.54) is 0 Å². The van der Waals surface area contributed by atoms with E-state index in [4.69, 9.17) is 0 Å². The molecule has 0 saturated heterocycles. The van der Waals surface area contributed by atoms with Gasteiger partial charge in [-0.15, -0.1) is 5.11 Å². The third-order valence-electron chi connectivity index (χ3n) is 6.58. The summed E-state index contributed by atoms with van der Waals surface area (Å²) in [5.74, 6) is 1.05. The highest BCUT2D eigenvalue weighted by molar-refractivity contribution is 6.06. The molecule has 3 aliphatic rings. The molecule has 0 amide bonds. The molecule has 0 unspecified atom stereocenters. The first-order chi connectivity index (χ1) is 13.9. The van der Waals surface area contributed by atoms with E-state index in [1.54, 1.807) is 4.68 Å². The van der Waals surface area contributed by atoms with Crippen LogP contribution in [0.2, 0.25) is 0 Å². The van der Waals surface area contributed by atoms with Crippen molar-refractivity contribution in [2.24, 2.45) is 22.7 Å². The van der Waals surface area contributed by atoms with Gasteiger partial charge >= 0.3 is 0 Å². The number of allylic oxidation sites excluding steroid dienone is 2. The summed E-state index contributed by atoms with van der Waals surface area (Å²) in [4.78, 5) is 13.6. The third kappa shape index (κ3) is 2.41. The van der Waals surface area contributed by atoms with Gasteiger partial charge in [0.1, 0.15) is 0 Å². The van der Waals surface area contributed by atoms with Gasteiger partial charge in [-0.2, -0.15) is 10.2 Å². The van der Waals surface area contributed by atoms with Crippen molar-refractivity contribution in [2.75, 3.05) is 6.54 Å². The number of nitrogens with zero attached hydrogens (tertiary/aromatic N) is 4. The van der Waals surface area contributed by atoms with E-state index in [0.29, 0.717) is 13.0 Å². The molecule has 1 aliphatic carbocycles. The molecular formula is C23H25N5O. The van der Waals surface area contributed by atoms with Crippen molar-refractivity contribution in [2.45, 2.75) is 39.0 Å². The molecule has 29 heavy (non-hydrogen) atoms. The molecule has 1 aromatic heterocycles. The summed E-state index contributed by atoms with van der Waals surface area (Å²) in [5.41, 5.74) is 5.40. The van der Waals surface area contributed by atoms with E-state index < -0.39 is 10.8 Å². The molecule has 1 atom stereocenters. The number of azo groups is 1. The number of hydrogen-bond donors (Lipinski definition) is 1. The number of aryl methyl sites for hydroxylation is 1. The lowest BCUT2D eigenvalue weighted by molar-refractivity contribution is -0.122. The van der Waals surface area contributed by atoms with Gasteiger partial charge in [-0.1, -0.05) is 39.0 Å². The van der Waals surface area contributed by atoms with Crippen LogP contribution in [0.5, 0.6) is 0 Å². The van der Waals surface area contributed by atoms with E-state index in [0.717, 1.165) is 45.8 Å². The van der Waals surface area contributed by atoms with Crippen LogP contribution in [0.15, 0.2) is 69.6 Å². The highest BCUT2D eigenvalue weighted by Crippen LogP contribution is 2.55. The molecule has 148 valence electrons. The summed E-state index contributed by atoms with van der Waals surface area (Å²) in [6, 6.07) is 8.52. The monoisotopic (exact) mass is 387 g/mol. The quantitative estimate of drug-likeness (QED) is 0.855. The van der Waals surface area contributed by atoms with Gasteiger partial charge in [-0.05, 0) is 23.6 Å². The van der Waals surface area contributed by atoms with Crippen molar-refractivity contribution in [3.8, 4) is 11.1 Å². The van der Waals surface area contributed by atoms with E-state index in [1.807, 2.05) is 33.3 Å². The fourth-order valence-corrected chi connectivity index (χ4v) is 5.13. The number of hydrogen-bond acceptors (Lipinski definition) is 5. The van der Waals surface area contributed by atoms with Crippen LogP contribution in [-0.4, -0.2) is 22.1 Å². The van der Waals surface area contributed by atoms with Crippen LogP contribution in [0.1, 0.15) is 39.2 Å². The maximum Gasteiger partial charge on any atom is 0.167 e. The van der Waals surface area contributed by atoms with Gasteiger partial charge < -0.3 is 5.32 Å². The van der Waals surface area contributed by atoms with Gasteiger partial charge in [-0.3, -0.25) is 9.48 Å². The van der Waals surface area contributed by atoms with Gasteiger partial charge in [0, 0.05) is 47.5 Å². The molecule has 2 aromatic rings. The van der Waals surface area contributed by atoms with E-state index in [-0.39, 0.29) is 5.78 Å². The maximum absolute atomic E-state index is 13.6. The first-order valence-electron chi connectivity index (χ1n) is 10.1. The maximum atomic E-state index is 13.6. The van der Waals surface area contributed by atoms with E-state index in [2.05, 4.69) is 51.8 Å². The lowest BCUT2D eigenvalue weighted by Crippen LogP contribution is -2.41. The smallest absolute Gasteiger partial charge is 0.167 e. The Morgan fingerprint density at radius 2 is 2.07 bits per heavy atom. The number of rotatable bonds is 3. The van der Waals surface area contributed by atoms with Gasteiger partial charge in [0.2, 0.25) is 0 Å². The third-order valence-corrected chi connectivity index (χ3v) is 6.58. The Hall–Kier alpha value is -3.02. The number of carbonyl (C=O) groups is 1. The van der Waals surface area contributed by atoms with Crippen molar-refractivity contribution >= 4 is 5.78 Å². The van der Waals surface area contributed by atoms with Gasteiger partial charge in [0.05, 0.1) is 18.2 Å². The highest BCUT2D eigenvalue weighted by atomic mass is 16.1. The highest BCUT2D eigenvalue weighted by Gasteiger charge is 2.54. The molecule has 0 bridgehead atoms. The number of ketones is 1. The Morgan fingerprint density at radius 1 is 1.24 bits per heavy atom. The number of aromatic nitrogens is 2. The van der Waals surface area contributed by atoms with Crippen LogP contribution in [0.3, 0.4) is 0 Å². The number of Topliss-reactive ketones (excluding diaryl/α,β-unsaturated/α-hetero) is 1. The summed E-state index contributed by atoms with van der Waals surface area (Å²) in [7, 11) is 1.92. The second-order valence-electron chi connectivity index (χ2n) is 8.84. The summed E-state index contributed by atoms with van der Waals surface area (Å²) in [6.07, 6.45) is 5.38. The zero-order valence-corrected chi connectivity index (χ0v) is 17.3. The topological polar surface area (TPSA) is 71.6 Å². The summed E-state index contributed by atoms with van der Waals surface area (Å²) in [6.45, 7) is 6.76. The van der Waals surface area contributed by atoms with Crippen LogP contribution in [0.25, 0.3) is 11.1 Å². The molecule has 0 fully saturated rings. The van der Waals surface area contributed by atoms with Crippen molar-refractivity contribution in [3.05, 3.63) is 64.9 Å². The molecule has 0 saturated carbocycles. The molecule has 5 rings (SSSR count). The lowest BCUT2D eigenvalue weighted by atomic mass is 9.63. The SMILES string of the molecule is CC[C@]1(c2cccc(-c3cnn(C)c3)c2)C2=C(N=NC2)NC2=C1C(=O)C(C)(C)C2. The minimum absolute atomic E-state index is 0.229. The second-order valence-corrected chi connectivity index (χ2v) is 8.84. The fourth-order valence-electron chi connectivity index (χ4n) is 5.13. The van der Waals surface area contributed by atoms with Crippen LogP contribution < -0.4 is 5.32 Å². The molecule has 1 N–H and O–H groups in total. The molecule has 1 aromatic carbocycles. The summed E-state index contributed by atoms with van der Waals surface area (Å²) < 4.78 is 1.81. The average Bonchev–Trinajstić information content (AvgIpc) is 3.39. The number of nitrogens with one attached hydrogen (secondary N) is 1. The normalized spacial score (nSPS) is 24.8. The largest absolute Gasteiger partial charge is 0.342 e. The Morgan fingerprint density at radius 3 is 2.79 bits per heavy atom. The predicted molar refractivity (Wildman–Crippen MR) is 111 cm³/mol. The van der Waals surface area contributed by atoms with Crippen molar-refractivity contribution in [1.29, 1.82) is 0 Å². The molecule has 0 radical (unpaired) electrons. The number of dihydropyridines is 1. The van der Waals surface area contributed by atoms with Crippen LogP contribution in [-0.2, 0) is 17.3 Å². The van der Waals surface area contributed by atoms with Crippen LogP contribution >= 0.6 is 0 Å². The summed E-state index contributed by atoms with van der Waals surface area (Å²) >= 11 is 0. The standard InChI is InChI=1S/C23H25N5O/c1-5-23(16-8-6-7-14(9-16)15-11-25-28(4)13-15)17-12-24-27-21(17)26-18-10-22(2,3)20(29)19(18)23/h6-9,11,13,26H,5,10,12H2,1-4H3/t23-/m0/s1. The molecule has 6 heteroatoms. The van der Waals surface area contributed by atoms with Crippen molar-refractivity contribution < 1.29 is 4.79 Å². The van der Waals surface area contributed by atoms with Gasteiger partial charge in [-0.25, -0.2) is 0 Å². The van der Waals surface area contributed by atoms with Crippen LogP contribution in [0.4, 0.5) is 0 Å². The fraction of sp³-hybridized carbons (Fsp3) is 0.391. The Balaban J connectivity index is 1.74. The average molecular weight is 387 g/mol. The Labute approximate surface area is 170 Å². The number of benzene rings is 1. The van der Waals surface area contributed by atoms with E-state index in [9.17, 15) is 4.79 Å². The second kappa shape index (κ2) is 5.99. The van der Waals surface area contributed by atoms with Gasteiger partial charge in [0.25, 0.3) is 0 Å². The van der Waals surface area contributed by atoms with Crippen molar-refractivity contribution in [1.82, 2.24) is 15.1 Å². The van der Waals surface area contributed by atoms with Crippen molar-refractivity contribution in [3.63, 3.8) is 0 Å². The lowest BCUT2D eigenvalue weighted by Gasteiger charge is -2.40. The Kier molecular flexibility index (Phi) is 3.72. The minimum Gasteiger partial charge on any atom is -0.342 e. The number of carbonyl (C=O) groups excluding carboxylic acids is 1. The zero-order chi connectivity index (χ0) is 20.4. The predicted octanol–water partition coefficient (Wildman–Crippen LogP) is 4.27.